The maximum absolute atomic E-state index is 11.4. The second-order valence-corrected chi connectivity index (χ2v) is 15.5. The van der Waals surface area contributed by atoms with Gasteiger partial charge in [0.05, 0.1) is 5.60 Å². The molecule has 4 atom stereocenters. The first-order chi connectivity index (χ1) is 12.4. The van der Waals surface area contributed by atoms with Gasteiger partial charge in [0.25, 0.3) is 0 Å². The first kappa shape index (κ1) is 20.9. The van der Waals surface area contributed by atoms with E-state index in [4.69, 9.17) is 4.43 Å². The molecule has 1 aromatic carbocycles. The van der Waals surface area contributed by atoms with Crippen molar-refractivity contribution in [1.29, 1.82) is 0 Å². The number of fused-ring (bicyclic) bond motifs is 1. The minimum atomic E-state index is -1.86. The van der Waals surface area contributed by atoms with Crippen molar-refractivity contribution in [1.82, 2.24) is 0 Å². The Morgan fingerprint density at radius 2 is 1.89 bits per heavy atom. The molecule has 2 aliphatic rings. The molecule has 0 aliphatic heterocycles. The number of rotatable bonds is 4. The van der Waals surface area contributed by atoms with Crippen molar-refractivity contribution < 1.29 is 14.6 Å². The average Bonchev–Trinajstić information content (AvgIpc) is 2.83. The summed E-state index contributed by atoms with van der Waals surface area (Å²) >= 11 is 0. The molecule has 152 valence electrons. The third-order valence-electron chi connectivity index (χ3n) is 8.20. The van der Waals surface area contributed by atoms with E-state index in [9.17, 15) is 10.2 Å². The number of hydrogen-bond donors (Lipinski definition) is 2. The lowest BCUT2D eigenvalue weighted by Gasteiger charge is -2.49. The van der Waals surface area contributed by atoms with E-state index < -0.39 is 13.9 Å². The highest BCUT2D eigenvalue weighted by molar-refractivity contribution is 6.74. The summed E-state index contributed by atoms with van der Waals surface area (Å²) in [6.07, 6.45) is 4.59. The first-order valence-electron chi connectivity index (χ1n) is 10.5. The van der Waals surface area contributed by atoms with E-state index in [1.54, 1.807) is 0 Å². The standard InChI is InChI=1S/C23H38O3Si/c1-21(2,3)27(5,6)26-20-9-7-8-17(14-20)18-10-12-22(4)19(16-24)11-13-23(22,25)15-18/h7-9,14,18-19,24-25H,10-13,15-16H2,1-6H3/t18-,19+,22+,23-/m0/s1. The van der Waals surface area contributed by atoms with Gasteiger partial charge in [0, 0.05) is 12.0 Å². The summed E-state index contributed by atoms with van der Waals surface area (Å²) < 4.78 is 6.51. The fraction of sp³-hybridized carbons (Fsp3) is 0.739. The van der Waals surface area contributed by atoms with E-state index in [1.165, 1.54) is 5.56 Å². The maximum atomic E-state index is 11.4. The van der Waals surface area contributed by atoms with Crippen molar-refractivity contribution in [2.45, 2.75) is 89.5 Å². The van der Waals surface area contributed by atoms with Gasteiger partial charge in [-0.05, 0) is 79.8 Å². The van der Waals surface area contributed by atoms with E-state index in [1.807, 2.05) is 0 Å². The van der Waals surface area contributed by atoms with Gasteiger partial charge in [0.15, 0.2) is 0 Å². The zero-order chi connectivity index (χ0) is 20.1. The predicted molar refractivity (Wildman–Crippen MR) is 114 cm³/mol. The van der Waals surface area contributed by atoms with Gasteiger partial charge in [-0.2, -0.15) is 0 Å². The molecule has 0 amide bonds. The second kappa shape index (κ2) is 6.89. The van der Waals surface area contributed by atoms with Gasteiger partial charge in [0.2, 0.25) is 8.32 Å². The third kappa shape index (κ3) is 3.61. The van der Waals surface area contributed by atoms with Crippen LogP contribution in [0, 0.1) is 11.3 Å². The molecule has 3 rings (SSSR count). The summed E-state index contributed by atoms with van der Waals surface area (Å²) in [4.78, 5) is 0. The molecule has 2 saturated carbocycles. The van der Waals surface area contributed by atoms with Crippen molar-refractivity contribution in [3.8, 4) is 5.75 Å². The Morgan fingerprint density at radius 1 is 1.19 bits per heavy atom. The van der Waals surface area contributed by atoms with Crippen LogP contribution in [0.3, 0.4) is 0 Å². The summed E-state index contributed by atoms with van der Waals surface area (Å²) in [5.41, 5.74) is 0.488. The molecule has 2 N–H and O–H groups in total. The predicted octanol–water partition coefficient (Wildman–Crippen LogP) is 5.48. The van der Waals surface area contributed by atoms with Crippen molar-refractivity contribution in [2.24, 2.45) is 11.3 Å². The molecule has 4 heteroatoms. The first-order valence-corrected chi connectivity index (χ1v) is 13.4. The van der Waals surface area contributed by atoms with Crippen LogP contribution in [-0.4, -0.2) is 30.7 Å². The number of aliphatic hydroxyl groups is 2. The smallest absolute Gasteiger partial charge is 0.250 e. The van der Waals surface area contributed by atoms with Crippen LogP contribution in [0.2, 0.25) is 18.1 Å². The molecular weight excluding hydrogens is 352 g/mol. The van der Waals surface area contributed by atoms with Gasteiger partial charge in [-0.3, -0.25) is 0 Å². The Bertz CT molecular complexity index is 680. The van der Waals surface area contributed by atoms with Crippen LogP contribution in [-0.2, 0) is 0 Å². The van der Waals surface area contributed by atoms with E-state index in [-0.39, 0.29) is 23.0 Å². The van der Waals surface area contributed by atoms with Crippen LogP contribution in [0.25, 0.3) is 0 Å². The highest BCUT2D eigenvalue weighted by Gasteiger charge is 2.58. The second-order valence-electron chi connectivity index (χ2n) is 10.7. The van der Waals surface area contributed by atoms with Crippen molar-refractivity contribution in [3.05, 3.63) is 29.8 Å². The SMILES string of the molecule is CC(C)(C)[Si](C)(C)Oc1cccc([C@H]2CC[C@]3(C)[C@@H](CO)CC[C@]3(O)C2)c1. The van der Waals surface area contributed by atoms with Gasteiger partial charge in [-0.1, -0.05) is 39.8 Å². The van der Waals surface area contributed by atoms with Crippen molar-refractivity contribution >= 4 is 8.32 Å². The zero-order valence-corrected chi connectivity index (χ0v) is 19.0. The number of hydrogen-bond acceptors (Lipinski definition) is 3. The maximum Gasteiger partial charge on any atom is 0.250 e. The lowest BCUT2D eigenvalue weighted by Crippen LogP contribution is -2.49. The quantitative estimate of drug-likeness (QED) is 0.670. The average molecular weight is 391 g/mol. The molecule has 2 aliphatic carbocycles. The Labute approximate surface area is 166 Å². The topological polar surface area (TPSA) is 49.7 Å². The molecule has 0 unspecified atom stereocenters. The monoisotopic (exact) mass is 390 g/mol. The molecule has 27 heavy (non-hydrogen) atoms. The molecule has 3 nitrogen and oxygen atoms in total. The van der Waals surface area contributed by atoms with Gasteiger partial charge < -0.3 is 14.6 Å². The molecule has 2 fully saturated rings. The van der Waals surface area contributed by atoms with Crippen molar-refractivity contribution in [2.75, 3.05) is 6.61 Å². The Morgan fingerprint density at radius 3 is 2.52 bits per heavy atom. The Balaban J connectivity index is 1.79. The van der Waals surface area contributed by atoms with Crippen LogP contribution >= 0.6 is 0 Å². The minimum absolute atomic E-state index is 0.145. The molecule has 0 spiro atoms. The van der Waals surface area contributed by atoms with Gasteiger partial charge in [-0.25, -0.2) is 0 Å². The molecule has 0 radical (unpaired) electrons. The van der Waals surface area contributed by atoms with Crippen LogP contribution in [0.4, 0.5) is 0 Å². The molecule has 0 heterocycles. The minimum Gasteiger partial charge on any atom is -0.543 e. The van der Waals surface area contributed by atoms with Gasteiger partial charge in [-0.15, -0.1) is 0 Å². The summed E-state index contributed by atoms with van der Waals surface area (Å²) in [5, 5.41) is 21.4. The summed E-state index contributed by atoms with van der Waals surface area (Å²) in [6.45, 7) is 13.7. The zero-order valence-electron chi connectivity index (χ0n) is 18.0. The highest BCUT2D eigenvalue weighted by atomic mass is 28.4. The molecule has 0 saturated heterocycles. The van der Waals surface area contributed by atoms with Crippen LogP contribution in [0.1, 0.15) is 71.3 Å². The third-order valence-corrected chi connectivity index (χ3v) is 12.6. The Kier molecular flexibility index (Phi) is 5.33. The largest absolute Gasteiger partial charge is 0.543 e. The van der Waals surface area contributed by atoms with Crippen molar-refractivity contribution in [3.63, 3.8) is 0 Å². The van der Waals surface area contributed by atoms with Crippen LogP contribution < -0.4 is 4.43 Å². The van der Waals surface area contributed by atoms with Crippen LogP contribution in [0.5, 0.6) is 5.75 Å². The highest BCUT2D eigenvalue weighted by Crippen LogP contribution is 2.60. The van der Waals surface area contributed by atoms with E-state index in [0.29, 0.717) is 5.92 Å². The molecule has 0 aromatic heterocycles. The summed E-state index contributed by atoms with van der Waals surface area (Å²) in [5.74, 6) is 1.57. The number of aliphatic hydroxyl groups excluding tert-OH is 1. The Hall–Kier alpha value is -0.843. The van der Waals surface area contributed by atoms with E-state index >= 15 is 0 Å². The molecule has 1 aromatic rings. The molecule has 0 bridgehead atoms. The van der Waals surface area contributed by atoms with Gasteiger partial charge >= 0.3 is 0 Å². The van der Waals surface area contributed by atoms with E-state index in [2.05, 4.69) is 65.1 Å². The van der Waals surface area contributed by atoms with Gasteiger partial charge in [0.1, 0.15) is 5.75 Å². The molecular formula is C23H38O3Si. The number of benzene rings is 1. The summed E-state index contributed by atoms with van der Waals surface area (Å²) in [6, 6.07) is 8.56. The fourth-order valence-corrected chi connectivity index (χ4v) is 6.03. The normalized spacial score (nSPS) is 34.4. The lowest BCUT2D eigenvalue weighted by molar-refractivity contribution is -0.110. The van der Waals surface area contributed by atoms with Crippen LogP contribution in [0.15, 0.2) is 24.3 Å². The fourth-order valence-electron chi connectivity index (χ4n) is 5.01. The lowest BCUT2D eigenvalue weighted by atomic mass is 9.59. The van der Waals surface area contributed by atoms with E-state index in [0.717, 1.165) is 37.9 Å². The summed E-state index contributed by atoms with van der Waals surface area (Å²) in [7, 11) is -1.86.